The molecule has 0 saturated heterocycles. The zero-order valence-electron chi connectivity index (χ0n) is 20.6. The van der Waals surface area contributed by atoms with Crippen molar-refractivity contribution < 1.29 is 0 Å². The van der Waals surface area contributed by atoms with Crippen molar-refractivity contribution in [3.8, 4) is 0 Å². The number of hydrogen-bond donors (Lipinski definition) is 0. The van der Waals surface area contributed by atoms with E-state index in [1.165, 1.54) is 44.5 Å². The molecule has 0 N–H and O–H groups in total. The molecule has 4 aromatic carbocycles. The number of hydrogen-bond acceptors (Lipinski definition) is 0. The van der Waals surface area contributed by atoms with Gasteiger partial charge in [0.15, 0.2) is 0 Å². The van der Waals surface area contributed by atoms with Crippen molar-refractivity contribution in [3.63, 3.8) is 0 Å². The fourth-order valence-electron chi connectivity index (χ4n) is 5.14. The van der Waals surface area contributed by atoms with Gasteiger partial charge in [-0.05, 0) is 75.6 Å². The average Bonchev–Trinajstić information content (AvgIpc) is 2.80. The zero-order chi connectivity index (χ0) is 23.3. The van der Waals surface area contributed by atoms with Gasteiger partial charge in [-0.1, -0.05) is 119 Å². The summed E-state index contributed by atoms with van der Waals surface area (Å²) in [6.07, 6.45) is 4.32. The zero-order valence-corrected chi connectivity index (χ0v) is 20.6. The highest BCUT2D eigenvalue weighted by Gasteiger charge is 2.34. The quantitative estimate of drug-likeness (QED) is 0.262. The molecule has 0 aliphatic heterocycles. The van der Waals surface area contributed by atoms with Gasteiger partial charge in [0.05, 0.1) is 0 Å². The highest BCUT2D eigenvalue weighted by Crippen LogP contribution is 2.41. The first-order valence-corrected chi connectivity index (χ1v) is 12.2. The Balaban J connectivity index is 1.79. The van der Waals surface area contributed by atoms with E-state index in [9.17, 15) is 0 Å². The predicted octanol–water partition coefficient (Wildman–Crippen LogP) is 8.47. The van der Waals surface area contributed by atoms with Crippen molar-refractivity contribution in [1.82, 2.24) is 0 Å². The molecule has 0 aliphatic rings. The molecular weight excluding hydrogens is 396 g/mol. The first-order chi connectivity index (χ1) is 15.9. The van der Waals surface area contributed by atoms with E-state index in [0.29, 0.717) is 0 Å². The molecule has 0 nitrogen and oxygen atoms in total. The SMILES string of the molecule is Cc1ccc(C(CCc2cccc(C)c2)(CCc2cccc(C)c2)c2cccc(C)c2)cc1. The second-order valence-electron chi connectivity index (χ2n) is 9.80. The Hall–Kier alpha value is -3.12. The number of aryl methyl sites for hydroxylation is 6. The fraction of sp³-hybridized carbons (Fsp3) is 0.273. The van der Waals surface area contributed by atoms with Crippen LogP contribution in [0.15, 0.2) is 97.1 Å². The fourth-order valence-corrected chi connectivity index (χ4v) is 5.14. The van der Waals surface area contributed by atoms with Crippen molar-refractivity contribution >= 4 is 0 Å². The van der Waals surface area contributed by atoms with Crippen LogP contribution in [0.3, 0.4) is 0 Å². The van der Waals surface area contributed by atoms with E-state index < -0.39 is 0 Å². The largest absolute Gasteiger partial charge is 0.0617 e. The molecule has 168 valence electrons. The van der Waals surface area contributed by atoms with Crippen LogP contribution in [0.5, 0.6) is 0 Å². The van der Waals surface area contributed by atoms with Gasteiger partial charge >= 0.3 is 0 Å². The minimum absolute atomic E-state index is 0.0345. The summed E-state index contributed by atoms with van der Waals surface area (Å²) in [4.78, 5) is 0. The molecule has 0 aliphatic carbocycles. The summed E-state index contributed by atoms with van der Waals surface area (Å²) < 4.78 is 0. The van der Waals surface area contributed by atoms with Crippen LogP contribution in [-0.2, 0) is 18.3 Å². The predicted molar refractivity (Wildman–Crippen MR) is 142 cm³/mol. The van der Waals surface area contributed by atoms with Crippen LogP contribution >= 0.6 is 0 Å². The third-order valence-corrected chi connectivity index (χ3v) is 7.02. The van der Waals surface area contributed by atoms with Gasteiger partial charge in [-0.3, -0.25) is 0 Å². The molecule has 4 aromatic rings. The molecule has 0 amide bonds. The van der Waals surface area contributed by atoms with E-state index in [2.05, 4.69) is 125 Å². The molecule has 33 heavy (non-hydrogen) atoms. The van der Waals surface area contributed by atoms with Crippen molar-refractivity contribution in [3.05, 3.63) is 142 Å². The van der Waals surface area contributed by atoms with Gasteiger partial charge in [-0.15, -0.1) is 0 Å². The van der Waals surface area contributed by atoms with Gasteiger partial charge in [-0.25, -0.2) is 0 Å². The number of benzene rings is 4. The van der Waals surface area contributed by atoms with Crippen LogP contribution in [0.25, 0.3) is 0 Å². The monoisotopic (exact) mass is 432 g/mol. The van der Waals surface area contributed by atoms with E-state index in [4.69, 9.17) is 0 Å². The lowest BCUT2D eigenvalue weighted by atomic mass is 9.67. The number of rotatable bonds is 8. The molecule has 0 spiro atoms. The third kappa shape index (κ3) is 5.63. The lowest BCUT2D eigenvalue weighted by Crippen LogP contribution is -2.30. The maximum Gasteiger partial charge on any atom is 0.0209 e. The summed E-state index contributed by atoms with van der Waals surface area (Å²) in [5.41, 5.74) is 11.0. The molecule has 0 radical (unpaired) electrons. The Morgan fingerprint density at radius 2 is 0.939 bits per heavy atom. The Kier molecular flexibility index (Phi) is 7.14. The Labute approximate surface area is 200 Å². The summed E-state index contributed by atoms with van der Waals surface area (Å²) in [6, 6.07) is 36.5. The van der Waals surface area contributed by atoms with E-state index in [1.54, 1.807) is 0 Å². The van der Waals surface area contributed by atoms with Gasteiger partial charge in [0.25, 0.3) is 0 Å². The maximum atomic E-state index is 2.41. The van der Waals surface area contributed by atoms with E-state index in [-0.39, 0.29) is 5.41 Å². The lowest BCUT2D eigenvalue weighted by molar-refractivity contribution is 0.436. The molecular formula is C33H36. The van der Waals surface area contributed by atoms with E-state index >= 15 is 0 Å². The highest BCUT2D eigenvalue weighted by atomic mass is 14.4. The highest BCUT2D eigenvalue weighted by molar-refractivity contribution is 5.43. The first-order valence-electron chi connectivity index (χ1n) is 12.2. The van der Waals surface area contributed by atoms with Crippen LogP contribution in [0.4, 0.5) is 0 Å². The minimum atomic E-state index is -0.0345. The molecule has 0 unspecified atom stereocenters. The van der Waals surface area contributed by atoms with Crippen molar-refractivity contribution in [2.75, 3.05) is 0 Å². The van der Waals surface area contributed by atoms with Crippen LogP contribution in [0, 0.1) is 27.7 Å². The molecule has 0 saturated carbocycles. The Morgan fingerprint density at radius 3 is 1.42 bits per heavy atom. The summed E-state index contributed by atoms with van der Waals surface area (Å²) in [6.45, 7) is 8.77. The minimum Gasteiger partial charge on any atom is -0.0617 e. The van der Waals surface area contributed by atoms with Gasteiger partial charge in [0, 0.05) is 5.41 Å². The topological polar surface area (TPSA) is 0 Å². The van der Waals surface area contributed by atoms with Crippen LogP contribution in [-0.4, -0.2) is 0 Å². The lowest BCUT2D eigenvalue weighted by Gasteiger charge is -2.36. The third-order valence-electron chi connectivity index (χ3n) is 7.02. The smallest absolute Gasteiger partial charge is 0.0209 e. The average molecular weight is 433 g/mol. The summed E-state index contributed by atoms with van der Waals surface area (Å²) in [7, 11) is 0. The maximum absolute atomic E-state index is 2.41. The molecule has 0 aromatic heterocycles. The van der Waals surface area contributed by atoms with Crippen molar-refractivity contribution in [2.24, 2.45) is 0 Å². The summed E-state index contributed by atoms with van der Waals surface area (Å²) in [5, 5.41) is 0. The molecule has 0 heteroatoms. The second kappa shape index (κ2) is 10.2. The van der Waals surface area contributed by atoms with E-state index in [0.717, 1.165) is 25.7 Å². The van der Waals surface area contributed by atoms with E-state index in [1.807, 2.05) is 0 Å². The van der Waals surface area contributed by atoms with Crippen LogP contribution in [0.1, 0.15) is 57.3 Å². The van der Waals surface area contributed by atoms with Crippen LogP contribution in [0.2, 0.25) is 0 Å². The molecule has 0 bridgehead atoms. The summed E-state index contributed by atoms with van der Waals surface area (Å²) in [5.74, 6) is 0. The van der Waals surface area contributed by atoms with Gasteiger partial charge in [0.2, 0.25) is 0 Å². The molecule has 0 atom stereocenters. The van der Waals surface area contributed by atoms with Gasteiger partial charge in [0.1, 0.15) is 0 Å². The Bertz CT molecular complexity index is 1150. The van der Waals surface area contributed by atoms with Crippen molar-refractivity contribution in [2.45, 2.75) is 58.8 Å². The van der Waals surface area contributed by atoms with Crippen molar-refractivity contribution in [1.29, 1.82) is 0 Å². The molecule has 4 rings (SSSR count). The van der Waals surface area contributed by atoms with Crippen LogP contribution < -0.4 is 0 Å². The standard InChI is InChI=1S/C33H36/c1-25-14-16-31(17-15-25)33(32-13-7-10-28(4)24-32,20-18-29-11-5-8-26(2)22-29)21-19-30-12-6-9-27(3)23-30/h5-17,22-24H,18-21H2,1-4H3. The second-order valence-corrected chi connectivity index (χ2v) is 9.80. The normalized spacial score (nSPS) is 11.5. The van der Waals surface area contributed by atoms with Gasteiger partial charge < -0.3 is 0 Å². The Morgan fingerprint density at radius 1 is 0.455 bits per heavy atom. The first kappa shape index (κ1) is 23.1. The van der Waals surface area contributed by atoms with Gasteiger partial charge in [-0.2, -0.15) is 0 Å². The molecule has 0 fully saturated rings. The molecule has 0 heterocycles. The summed E-state index contributed by atoms with van der Waals surface area (Å²) >= 11 is 0.